The monoisotopic (exact) mass is 456 g/mol. The number of hydrogen-bond acceptors (Lipinski definition) is 3. The average molecular weight is 457 g/mol. The van der Waals surface area contributed by atoms with Crippen LogP contribution in [0.15, 0.2) is 97.2 Å². The van der Waals surface area contributed by atoms with Gasteiger partial charge in [-0.25, -0.2) is 0 Å². The molecular formula is C28H29FN4O. The molecule has 0 bridgehead atoms. The number of carbonyl (C=O) groups excluding carboxylic acids is 1. The standard InChI is InChI=1S/C28H29FN4O/c1-32(2)20-12-19-30-26(34)25-21-33(27(29)31-25)28(22-13-6-3-7-14-22,23-15-8-4-9-16-23)24-17-10-5-11-18-24/h3-11,13-18,21H,12,19-20H2,1-2H3,(H,30,34). The number of halogens is 1. The molecule has 1 amide bonds. The van der Waals surface area contributed by atoms with E-state index >= 15 is 4.39 Å². The Morgan fingerprint density at radius 1 is 0.882 bits per heavy atom. The Hall–Kier alpha value is -3.77. The van der Waals surface area contributed by atoms with Crippen molar-refractivity contribution in [2.45, 2.75) is 12.0 Å². The van der Waals surface area contributed by atoms with Crippen molar-refractivity contribution in [1.82, 2.24) is 19.8 Å². The summed E-state index contributed by atoms with van der Waals surface area (Å²) < 4.78 is 17.2. The van der Waals surface area contributed by atoms with E-state index in [4.69, 9.17) is 0 Å². The van der Waals surface area contributed by atoms with Gasteiger partial charge in [0.1, 0.15) is 11.2 Å². The Bertz CT molecular complexity index is 1110. The van der Waals surface area contributed by atoms with Gasteiger partial charge in [0.05, 0.1) is 0 Å². The molecule has 34 heavy (non-hydrogen) atoms. The highest BCUT2D eigenvalue weighted by molar-refractivity contribution is 5.92. The lowest BCUT2D eigenvalue weighted by atomic mass is 9.76. The molecule has 0 aliphatic rings. The quantitative estimate of drug-likeness (QED) is 0.297. The van der Waals surface area contributed by atoms with Gasteiger partial charge in [-0.2, -0.15) is 9.37 Å². The zero-order valence-corrected chi connectivity index (χ0v) is 19.5. The van der Waals surface area contributed by atoms with Crippen LogP contribution in [0, 0.1) is 6.08 Å². The van der Waals surface area contributed by atoms with Crippen molar-refractivity contribution in [1.29, 1.82) is 0 Å². The van der Waals surface area contributed by atoms with Gasteiger partial charge >= 0.3 is 0 Å². The van der Waals surface area contributed by atoms with E-state index in [1.54, 1.807) is 0 Å². The smallest absolute Gasteiger partial charge is 0.291 e. The summed E-state index contributed by atoms with van der Waals surface area (Å²) in [6.07, 6.45) is 1.59. The third-order valence-electron chi connectivity index (χ3n) is 5.90. The van der Waals surface area contributed by atoms with Gasteiger partial charge in [0, 0.05) is 12.7 Å². The number of carbonyl (C=O) groups is 1. The third kappa shape index (κ3) is 4.63. The van der Waals surface area contributed by atoms with Gasteiger partial charge in [-0.3, -0.25) is 9.36 Å². The minimum absolute atomic E-state index is 0.0505. The minimum Gasteiger partial charge on any atom is -0.351 e. The maximum Gasteiger partial charge on any atom is 0.291 e. The number of nitrogens with zero attached hydrogens (tertiary/aromatic N) is 3. The summed E-state index contributed by atoms with van der Waals surface area (Å²) >= 11 is 0. The molecule has 1 aromatic heterocycles. The summed E-state index contributed by atoms with van der Waals surface area (Å²) in [5, 5.41) is 2.86. The van der Waals surface area contributed by atoms with Crippen LogP contribution in [0.25, 0.3) is 0 Å². The molecule has 174 valence electrons. The van der Waals surface area contributed by atoms with Crippen molar-refractivity contribution in [2.75, 3.05) is 27.2 Å². The lowest BCUT2D eigenvalue weighted by Gasteiger charge is -2.37. The molecule has 0 saturated carbocycles. The molecule has 0 atom stereocenters. The van der Waals surface area contributed by atoms with Crippen molar-refractivity contribution >= 4 is 5.91 Å². The molecule has 0 saturated heterocycles. The van der Waals surface area contributed by atoms with Gasteiger partial charge in [-0.1, -0.05) is 91.0 Å². The molecule has 0 aliphatic heterocycles. The number of nitrogens with one attached hydrogen (secondary N) is 1. The predicted molar refractivity (Wildman–Crippen MR) is 132 cm³/mol. The first kappa shape index (κ1) is 23.4. The summed E-state index contributed by atoms with van der Waals surface area (Å²) in [5.74, 6) is -0.389. The van der Waals surface area contributed by atoms with Crippen molar-refractivity contribution in [3.8, 4) is 0 Å². The molecule has 5 nitrogen and oxygen atoms in total. The van der Waals surface area contributed by atoms with Crippen LogP contribution in [-0.4, -0.2) is 47.5 Å². The van der Waals surface area contributed by atoms with E-state index in [9.17, 15) is 4.79 Å². The van der Waals surface area contributed by atoms with E-state index in [1.165, 1.54) is 10.8 Å². The van der Waals surface area contributed by atoms with E-state index in [-0.39, 0.29) is 11.6 Å². The fourth-order valence-electron chi connectivity index (χ4n) is 4.35. The Morgan fingerprint density at radius 3 is 1.79 bits per heavy atom. The number of amides is 1. The summed E-state index contributed by atoms with van der Waals surface area (Å²) in [7, 11) is 3.96. The van der Waals surface area contributed by atoms with Crippen LogP contribution in [0.1, 0.15) is 33.6 Å². The van der Waals surface area contributed by atoms with E-state index in [0.717, 1.165) is 29.7 Å². The molecule has 3 aromatic carbocycles. The maximum absolute atomic E-state index is 15.7. The van der Waals surface area contributed by atoms with Gasteiger partial charge < -0.3 is 10.2 Å². The second-order valence-electron chi connectivity index (χ2n) is 8.49. The topological polar surface area (TPSA) is 50.2 Å². The van der Waals surface area contributed by atoms with Crippen LogP contribution >= 0.6 is 0 Å². The molecule has 0 aliphatic carbocycles. The predicted octanol–water partition coefficient (Wildman–Crippen LogP) is 4.54. The molecule has 0 unspecified atom stereocenters. The first-order valence-corrected chi connectivity index (χ1v) is 11.4. The van der Waals surface area contributed by atoms with Crippen molar-refractivity contribution in [3.05, 3.63) is 126 Å². The fourth-order valence-corrected chi connectivity index (χ4v) is 4.35. The average Bonchev–Trinajstić information content (AvgIpc) is 3.26. The van der Waals surface area contributed by atoms with Gasteiger partial charge in [0.15, 0.2) is 0 Å². The van der Waals surface area contributed by atoms with E-state index in [2.05, 4.69) is 15.2 Å². The van der Waals surface area contributed by atoms with Crippen molar-refractivity contribution in [3.63, 3.8) is 0 Å². The Kier molecular flexibility index (Phi) is 7.18. The zero-order valence-electron chi connectivity index (χ0n) is 19.5. The van der Waals surface area contributed by atoms with Gasteiger partial charge in [-0.15, -0.1) is 0 Å². The van der Waals surface area contributed by atoms with Crippen LogP contribution in [0.5, 0.6) is 0 Å². The summed E-state index contributed by atoms with van der Waals surface area (Å²) in [5.41, 5.74) is 1.59. The summed E-state index contributed by atoms with van der Waals surface area (Å²) in [4.78, 5) is 18.9. The van der Waals surface area contributed by atoms with E-state index < -0.39 is 11.6 Å². The number of aromatic nitrogens is 2. The Labute approximate surface area is 199 Å². The van der Waals surface area contributed by atoms with Crippen LogP contribution in [0.4, 0.5) is 4.39 Å². The molecule has 4 aromatic rings. The maximum atomic E-state index is 15.7. The fraction of sp³-hybridized carbons (Fsp3) is 0.214. The third-order valence-corrected chi connectivity index (χ3v) is 5.90. The Balaban J connectivity index is 1.85. The van der Waals surface area contributed by atoms with Crippen LogP contribution in [0.2, 0.25) is 0 Å². The normalized spacial score (nSPS) is 11.5. The number of hydrogen-bond donors (Lipinski definition) is 1. The summed E-state index contributed by atoms with van der Waals surface area (Å²) in [6.45, 7) is 1.34. The molecule has 1 N–H and O–H groups in total. The van der Waals surface area contributed by atoms with E-state index in [1.807, 2.05) is 105 Å². The summed E-state index contributed by atoms with van der Waals surface area (Å²) in [6, 6.07) is 29.2. The van der Waals surface area contributed by atoms with Crippen LogP contribution < -0.4 is 5.32 Å². The number of benzene rings is 3. The minimum atomic E-state index is -1.05. The lowest BCUT2D eigenvalue weighted by Crippen LogP contribution is -2.38. The molecule has 0 fully saturated rings. The molecule has 1 heterocycles. The molecule has 0 radical (unpaired) electrons. The SMILES string of the molecule is CN(C)CCCNC(=O)c1cn(C(c2ccccc2)(c2ccccc2)c2ccccc2)c(F)n1. The van der Waals surface area contributed by atoms with Gasteiger partial charge in [-0.05, 0) is 43.8 Å². The van der Waals surface area contributed by atoms with Gasteiger partial charge in [0.25, 0.3) is 12.0 Å². The highest BCUT2D eigenvalue weighted by atomic mass is 19.1. The molecule has 6 heteroatoms. The first-order chi connectivity index (χ1) is 16.5. The Morgan fingerprint density at radius 2 is 1.35 bits per heavy atom. The second kappa shape index (κ2) is 10.4. The van der Waals surface area contributed by atoms with Crippen LogP contribution in [-0.2, 0) is 5.54 Å². The zero-order chi connectivity index (χ0) is 24.0. The lowest BCUT2D eigenvalue weighted by molar-refractivity contribution is 0.0947. The second-order valence-corrected chi connectivity index (χ2v) is 8.49. The first-order valence-electron chi connectivity index (χ1n) is 11.4. The van der Waals surface area contributed by atoms with Crippen molar-refractivity contribution in [2.24, 2.45) is 0 Å². The largest absolute Gasteiger partial charge is 0.351 e. The highest BCUT2D eigenvalue weighted by Crippen LogP contribution is 2.41. The highest BCUT2D eigenvalue weighted by Gasteiger charge is 2.40. The molecule has 0 spiro atoms. The van der Waals surface area contributed by atoms with Gasteiger partial charge in [0.2, 0.25) is 0 Å². The molecular weight excluding hydrogens is 427 g/mol. The van der Waals surface area contributed by atoms with Crippen molar-refractivity contribution < 1.29 is 9.18 Å². The molecule has 4 rings (SSSR count). The van der Waals surface area contributed by atoms with Crippen LogP contribution in [0.3, 0.4) is 0 Å². The number of rotatable bonds is 9. The number of imidazole rings is 1. The van der Waals surface area contributed by atoms with E-state index in [0.29, 0.717) is 6.54 Å².